The molecule has 0 bridgehead atoms. The maximum atomic E-state index is 11.3. The van der Waals surface area contributed by atoms with E-state index in [1.165, 1.54) is 5.69 Å². The Kier molecular flexibility index (Phi) is 4.41. The van der Waals surface area contributed by atoms with Gasteiger partial charge in [-0.2, -0.15) is 5.10 Å². The van der Waals surface area contributed by atoms with E-state index in [9.17, 15) is 4.79 Å². The van der Waals surface area contributed by atoms with Crippen molar-refractivity contribution in [3.05, 3.63) is 58.7 Å². The van der Waals surface area contributed by atoms with E-state index in [-0.39, 0.29) is 11.7 Å². The molecule has 0 saturated carbocycles. The van der Waals surface area contributed by atoms with E-state index in [4.69, 9.17) is 0 Å². The van der Waals surface area contributed by atoms with Crippen molar-refractivity contribution in [1.82, 2.24) is 24.7 Å². The molecule has 0 radical (unpaired) electrons. The van der Waals surface area contributed by atoms with Crippen LogP contribution in [0.3, 0.4) is 0 Å². The summed E-state index contributed by atoms with van der Waals surface area (Å²) in [6.45, 7) is 4.19. The molecule has 0 saturated heterocycles. The van der Waals surface area contributed by atoms with E-state index in [0.29, 0.717) is 5.82 Å². The van der Waals surface area contributed by atoms with Crippen LogP contribution in [0.2, 0.25) is 0 Å². The van der Waals surface area contributed by atoms with Crippen LogP contribution in [0.1, 0.15) is 44.2 Å². The molecule has 1 aromatic carbocycles. The van der Waals surface area contributed by atoms with Gasteiger partial charge in [0, 0.05) is 11.3 Å². The van der Waals surface area contributed by atoms with Crippen LogP contribution in [-0.2, 0) is 6.42 Å². The Morgan fingerprint density at radius 3 is 2.70 bits per heavy atom. The van der Waals surface area contributed by atoms with Crippen molar-refractivity contribution in [1.29, 1.82) is 0 Å². The van der Waals surface area contributed by atoms with Crippen molar-refractivity contribution in [2.75, 3.05) is 0 Å². The molecule has 120 valence electrons. The molecule has 23 heavy (non-hydrogen) atoms. The molecule has 0 aliphatic heterocycles. The molecule has 1 atom stereocenters. The molecule has 6 heteroatoms. The molecule has 2 heterocycles. The third kappa shape index (κ3) is 3.11. The standard InChI is InChI=1S/C17H21N5O/c1-3-4-10-14-15(13-8-6-5-7-9-13)18-11-22(14)12(2)16-19-17(23)21-20-16/h5-9,11-12H,3-4,10H2,1-2H3,(H2,19,20,21,23)/t12-/m0/s1. The molecule has 2 N–H and O–H groups in total. The minimum absolute atomic E-state index is 0.0780. The quantitative estimate of drug-likeness (QED) is 0.734. The minimum atomic E-state index is -0.287. The fraction of sp³-hybridized carbons (Fsp3) is 0.353. The van der Waals surface area contributed by atoms with Gasteiger partial charge in [-0.1, -0.05) is 43.7 Å². The number of hydrogen-bond acceptors (Lipinski definition) is 3. The Bertz CT molecular complexity index is 815. The Morgan fingerprint density at radius 1 is 1.26 bits per heavy atom. The monoisotopic (exact) mass is 311 g/mol. The molecule has 2 aromatic heterocycles. The molecule has 0 aliphatic carbocycles. The summed E-state index contributed by atoms with van der Waals surface area (Å²) in [5.74, 6) is 0.616. The van der Waals surface area contributed by atoms with Crippen LogP contribution in [0.5, 0.6) is 0 Å². The number of nitrogens with one attached hydrogen (secondary N) is 2. The normalized spacial score (nSPS) is 12.4. The fourth-order valence-electron chi connectivity index (χ4n) is 2.76. The van der Waals surface area contributed by atoms with E-state index >= 15 is 0 Å². The van der Waals surface area contributed by atoms with Crippen molar-refractivity contribution in [2.24, 2.45) is 0 Å². The van der Waals surface area contributed by atoms with Crippen LogP contribution in [0.15, 0.2) is 41.5 Å². The molecule has 0 aliphatic rings. The summed E-state index contributed by atoms with van der Waals surface area (Å²) in [5, 5.41) is 6.48. The van der Waals surface area contributed by atoms with E-state index in [1.54, 1.807) is 0 Å². The van der Waals surface area contributed by atoms with Crippen LogP contribution >= 0.6 is 0 Å². The van der Waals surface area contributed by atoms with Crippen LogP contribution in [0, 0.1) is 0 Å². The van der Waals surface area contributed by atoms with Crippen LogP contribution in [0.25, 0.3) is 11.3 Å². The summed E-state index contributed by atoms with van der Waals surface area (Å²) in [6, 6.07) is 10.1. The van der Waals surface area contributed by atoms with Gasteiger partial charge in [0.05, 0.1) is 18.1 Å². The predicted molar refractivity (Wildman–Crippen MR) is 89.3 cm³/mol. The number of H-pyrrole nitrogens is 2. The number of rotatable bonds is 6. The zero-order valence-electron chi connectivity index (χ0n) is 13.4. The molecule has 0 fully saturated rings. The molecule has 6 nitrogen and oxygen atoms in total. The van der Waals surface area contributed by atoms with Crippen molar-refractivity contribution in [2.45, 2.75) is 39.2 Å². The fourth-order valence-corrected chi connectivity index (χ4v) is 2.76. The van der Waals surface area contributed by atoms with Crippen LogP contribution in [-0.4, -0.2) is 24.7 Å². The average molecular weight is 311 g/mol. The first-order valence-corrected chi connectivity index (χ1v) is 7.96. The van der Waals surface area contributed by atoms with Gasteiger partial charge in [0.1, 0.15) is 0 Å². The van der Waals surface area contributed by atoms with Gasteiger partial charge in [-0.15, -0.1) is 0 Å². The number of aromatic nitrogens is 5. The van der Waals surface area contributed by atoms with Crippen molar-refractivity contribution < 1.29 is 0 Å². The van der Waals surface area contributed by atoms with Gasteiger partial charge in [0.2, 0.25) is 0 Å². The second-order valence-corrected chi connectivity index (χ2v) is 5.66. The van der Waals surface area contributed by atoms with Gasteiger partial charge < -0.3 is 4.57 Å². The lowest BCUT2D eigenvalue weighted by atomic mass is 10.1. The Balaban J connectivity index is 2.03. The lowest BCUT2D eigenvalue weighted by molar-refractivity contribution is 0.569. The smallest absolute Gasteiger partial charge is 0.324 e. The number of benzene rings is 1. The average Bonchev–Trinajstić information content (AvgIpc) is 3.19. The first-order valence-electron chi connectivity index (χ1n) is 7.96. The molecule has 0 spiro atoms. The maximum Gasteiger partial charge on any atom is 0.340 e. The van der Waals surface area contributed by atoms with Crippen molar-refractivity contribution >= 4 is 0 Å². The Labute approximate surface area is 134 Å². The molecular formula is C17H21N5O. The predicted octanol–water partition coefficient (Wildman–Crippen LogP) is 2.91. The minimum Gasteiger partial charge on any atom is -0.324 e. The number of unbranched alkanes of at least 4 members (excludes halogenated alkanes) is 1. The highest BCUT2D eigenvalue weighted by Crippen LogP contribution is 2.27. The van der Waals surface area contributed by atoms with Crippen LogP contribution in [0.4, 0.5) is 0 Å². The molecule has 0 unspecified atom stereocenters. The molecule has 0 amide bonds. The van der Waals surface area contributed by atoms with E-state index in [0.717, 1.165) is 30.5 Å². The Morgan fingerprint density at radius 2 is 2.04 bits per heavy atom. The first kappa shape index (κ1) is 15.3. The SMILES string of the molecule is CCCCc1c(-c2ccccc2)ncn1[C@@H](C)c1n[nH]c(=O)[nH]1. The Hall–Kier alpha value is -2.63. The van der Waals surface area contributed by atoms with Crippen molar-refractivity contribution in [3.8, 4) is 11.3 Å². The summed E-state index contributed by atoms with van der Waals surface area (Å²) >= 11 is 0. The second kappa shape index (κ2) is 6.64. The van der Waals surface area contributed by atoms with E-state index in [1.807, 2.05) is 31.5 Å². The summed E-state index contributed by atoms with van der Waals surface area (Å²) in [5.41, 5.74) is 3.00. The van der Waals surface area contributed by atoms with Gasteiger partial charge in [-0.25, -0.2) is 14.9 Å². The van der Waals surface area contributed by atoms with Gasteiger partial charge in [-0.3, -0.25) is 4.98 Å². The highest BCUT2D eigenvalue weighted by atomic mass is 16.1. The summed E-state index contributed by atoms with van der Waals surface area (Å²) in [7, 11) is 0. The number of nitrogens with zero attached hydrogens (tertiary/aromatic N) is 3. The lowest BCUT2D eigenvalue weighted by Gasteiger charge is -2.15. The zero-order valence-corrected chi connectivity index (χ0v) is 13.4. The van der Waals surface area contributed by atoms with Gasteiger partial charge in [0.15, 0.2) is 5.82 Å². The van der Waals surface area contributed by atoms with E-state index < -0.39 is 0 Å². The summed E-state index contributed by atoms with van der Waals surface area (Å²) in [4.78, 5) is 18.7. The number of imidazole rings is 1. The van der Waals surface area contributed by atoms with Gasteiger partial charge in [-0.05, 0) is 19.8 Å². The number of hydrogen-bond donors (Lipinski definition) is 2. The van der Waals surface area contributed by atoms with E-state index in [2.05, 4.69) is 43.8 Å². The van der Waals surface area contributed by atoms with Crippen LogP contribution < -0.4 is 5.69 Å². The van der Waals surface area contributed by atoms with Gasteiger partial charge in [0.25, 0.3) is 0 Å². The maximum absolute atomic E-state index is 11.3. The summed E-state index contributed by atoms with van der Waals surface area (Å²) in [6.07, 6.45) is 4.99. The topological polar surface area (TPSA) is 79.4 Å². The third-order valence-corrected chi connectivity index (χ3v) is 4.04. The molecule has 3 aromatic rings. The zero-order chi connectivity index (χ0) is 16.2. The van der Waals surface area contributed by atoms with Gasteiger partial charge >= 0.3 is 5.69 Å². The molecular weight excluding hydrogens is 290 g/mol. The highest BCUT2D eigenvalue weighted by Gasteiger charge is 2.19. The number of aromatic amines is 2. The largest absolute Gasteiger partial charge is 0.340 e. The summed E-state index contributed by atoms with van der Waals surface area (Å²) < 4.78 is 2.10. The second-order valence-electron chi connectivity index (χ2n) is 5.66. The highest BCUT2D eigenvalue weighted by molar-refractivity contribution is 5.62. The molecule has 3 rings (SSSR count). The third-order valence-electron chi connectivity index (χ3n) is 4.04. The first-order chi connectivity index (χ1) is 11.2. The van der Waals surface area contributed by atoms with Crippen molar-refractivity contribution in [3.63, 3.8) is 0 Å². The lowest BCUT2D eigenvalue weighted by Crippen LogP contribution is -2.12.